The van der Waals surface area contributed by atoms with E-state index < -0.39 is 34.6 Å². The topological polar surface area (TPSA) is 135 Å². The number of piperidine rings is 1. The van der Waals surface area contributed by atoms with Crippen LogP contribution in [-0.2, 0) is 19.0 Å². The molecule has 1 aromatic carbocycles. The van der Waals surface area contributed by atoms with E-state index in [4.69, 9.17) is 18.9 Å². The molecule has 0 unspecified atom stereocenters. The van der Waals surface area contributed by atoms with E-state index in [2.05, 4.69) is 0 Å². The summed E-state index contributed by atoms with van der Waals surface area (Å²) in [5.74, 6) is -0.700. The summed E-state index contributed by atoms with van der Waals surface area (Å²) in [6.45, 7) is 9.41. The zero-order chi connectivity index (χ0) is 27.3. The summed E-state index contributed by atoms with van der Waals surface area (Å²) in [5, 5.41) is 11.2. The van der Waals surface area contributed by atoms with E-state index in [0.29, 0.717) is 25.8 Å². The first kappa shape index (κ1) is 28.2. The lowest BCUT2D eigenvalue weighted by Gasteiger charge is -2.46. The van der Waals surface area contributed by atoms with Crippen LogP contribution in [0, 0.1) is 22.0 Å². The first-order valence-corrected chi connectivity index (χ1v) is 12.7. The summed E-state index contributed by atoms with van der Waals surface area (Å²) in [5.41, 5.74) is -0.923. The molecule has 2 aliphatic rings. The molecule has 0 bridgehead atoms. The maximum atomic E-state index is 12.9. The van der Waals surface area contributed by atoms with E-state index in [9.17, 15) is 24.5 Å². The molecular formula is C26H36N2O9. The minimum absolute atomic E-state index is 0.00215. The second-order valence-electron chi connectivity index (χ2n) is 10.4. The van der Waals surface area contributed by atoms with E-state index in [1.54, 1.807) is 34.6 Å². The zero-order valence-corrected chi connectivity index (χ0v) is 22.1. The third-order valence-electron chi connectivity index (χ3n) is 6.57. The van der Waals surface area contributed by atoms with E-state index in [1.165, 1.54) is 17.0 Å². The molecule has 0 spiro atoms. The number of ether oxygens (including phenoxy) is 4. The number of likely N-dealkylation sites (tertiary alicyclic amines) is 1. The van der Waals surface area contributed by atoms with Crippen molar-refractivity contribution >= 4 is 23.7 Å². The Morgan fingerprint density at radius 3 is 2.38 bits per heavy atom. The van der Waals surface area contributed by atoms with Gasteiger partial charge in [-0.05, 0) is 78.2 Å². The highest BCUT2D eigenvalue weighted by atomic mass is 16.6. The molecule has 1 amide bonds. The maximum absolute atomic E-state index is 12.9. The predicted molar refractivity (Wildman–Crippen MR) is 132 cm³/mol. The number of benzene rings is 1. The van der Waals surface area contributed by atoms with Crippen LogP contribution in [-0.4, -0.2) is 65.4 Å². The first-order chi connectivity index (χ1) is 17.4. The Bertz CT molecular complexity index is 1020. The molecule has 1 aromatic rings. The monoisotopic (exact) mass is 520 g/mol. The molecule has 0 N–H and O–H groups in total. The Balaban J connectivity index is 1.77. The van der Waals surface area contributed by atoms with Gasteiger partial charge in [-0.2, -0.15) is 0 Å². The van der Waals surface area contributed by atoms with Crippen molar-refractivity contribution in [2.45, 2.75) is 78.0 Å². The van der Waals surface area contributed by atoms with E-state index >= 15 is 0 Å². The molecule has 0 aromatic heterocycles. The van der Waals surface area contributed by atoms with Crippen molar-refractivity contribution in [3.8, 4) is 5.75 Å². The normalized spacial score (nSPS) is 23.4. The SMILES string of the molecule is CCOC(=O)c1cc([N+](=O)[O-])ccc1O[C@H]1CC[C@H]2CN(C(=O)OC(C)(C)C)[C@H](C(=O)OCC)C[C@@H]2C1. The Labute approximate surface area is 216 Å². The van der Waals surface area contributed by atoms with Crippen molar-refractivity contribution in [2.75, 3.05) is 19.8 Å². The number of hydrogen-bond donors (Lipinski definition) is 0. The Morgan fingerprint density at radius 1 is 1.05 bits per heavy atom. The largest absolute Gasteiger partial charge is 0.490 e. The van der Waals surface area contributed by atoms with Gasteiger partial charge in [0.15, 0.2) is 0 Å². The summed E-state index contributed by atoms with van der Waals surface area (Å²) in [7, 11) is 0. The van der Waals surface area contributed by atoms with Crippen molar-refractivity contribution in [1.82, 2.24) is 4.90 Å². The van der Waals surface area contributed by atoms with Crippen LogP contribution in [0.5, 0.6) is 5.75 Å². The molecule has 2 fully saturated rings. The van der Waals surface area contributed by atoms with Crippen LogP contribution in [0.25, 0.3) is 0 Å². The number of carbonyl (C=O) groups is 3. The van der Waals surface area contributed by atoms with Crippen LogP contribution in [0.15, 0.2) is 18.2 Å². The van der Waals surface area contributed by atoms with Gasteiger partial charge in [0.05, 0.1) is 24.2 Å². The van der Waals surface area contributed by atoms with Gasteiger partial charge in [0, 0.05) is 18.7 Å². The van der Waals surface area contributed by atoms with Crippen molar-refractivity contribution in [3.63, 3.8) is 0 Å². The number of hydrogen-bond acceptors (Lipinski definition) is 9. The number of rotatable bonds is 7. The van der Waals surface area contributed by atoms with Gasteiger partial charge < -0.3 is 18.9 Å². The molecular weight excluding hydrogens is 484 g/mol. The van der Waals surface area contributed by atoms with Crippen molar-refractivity contribution < 1.29 is 38.3 Å². The number of esters is 2. The zero-order valence-electron chi connectivity index (χ0n) is 22.1. The molecule has 37 heavy (non-hydrogen) atoms. The number of nitrogens with zero attached hydrogens (tertiary/aromatic N) is 2. The van der Waals surface area contributed by atoms with Crippen LogP contribution in [0.3, 0.4) is 0 Å². The van der Waals surface area contributed by atoms with Crippen molar-refractivity contribution in [2.24, 2.45) is 11.8 Å². The highest BCUT2D eigenvalue weighted by Crippen LogP contribution is 2.41. The molecule has 1 saturated carbocycles. The van der Waals surface area contributed by atoms with Gasteiger partial charge >= 0.3 is 18.0 Å². The van der Waals surface area contributed by atoms with E-state index in [-0.39, 0.29) is 48.2 Å². The Hall–Kier alpha value is -3.37. The lowest BCUT2D eigenvalue weighted by atomic mass is 9.72. The number of nitro groups is 1. The smallest absolute Gasteiger partial charge is 0.411 e. The van der Waals surface area contributed by atoms with Crippen molar-refractivity contribution in [1.29, 1.82) is 0 Å². The number of carbonyl (C=O) groups excluding carboxylic acids is 3. The standard InChI is InChI=1S/C26H36N2O9/c1-6-34-23(29)20-14-18(28(32)33)9-11-22(20)36-19-10-8-16-15-27(25(31)37-26(3,4)5)21(13-17(16)12-19)24(30)35-7-2/h9,11,14,16-17,19,21H,6-8,10,12-13,15H2,1-5H3/t16-,17-,19-,21-/m0/s1. The minimum atomic E-state index is -0.760. The second kappa shape index (κ2) is 11.8. The quantitative estimate of drug-likeness (QED) is 0.220. The molecule has 1 heterocycles. The van der Waals surface area contributed by atoms with Crippen LogP contribution < -0.4 is 4.74 Å². The molecule has 4 atom stereocenters. The van der Waals surface area contributed by atoms with Gasteiger partial charge in [-0.15, -0.1) is 0 Å². The predicted octanol–water partition coefficient (Wildman–Crippen LogP) is 4.51. The number of fused-ring (bicyclic) bond motifs is 1. The Morgan fingerprint density at radius 2 is 1.76 bits per heavy atom. The molecule has 3 rings (SSSR count). The van der Waals surface area contributed by atoms with E-state index in [0.717, 1.165) is 12.5 Å². The molecule has 1 saturated heterocycles. The van der Waals surface area contributed by atoms with Gasteiger partial charge in [-0.3, -0.25) is 15.0 Å². The van der Waals surface area contributed by atoms with Gasteiger partial charge in [0.25, 0.3) is 5.69 Å². The Kier molecular flexibility index (Phi) is 8.98. The van der Waals surface area contributed by atoms with Crippen LogP contribution in [0.1, 0.15) is 70.7 Å². The number of non-ortho nitro benzene ring substituents is 1. The molecule has 1 aliphatic carbocycles. The van der Waals surface area contributed by atoms with Gasteiger partial charge in [0.2, 0.25) is 0 Å². The molecule has 11 nitrogen and oxygen atoms in total. The second-order valence-corrected chi connectivity index (χ2v) is 10.4. The third-order valence-corrected chi connectivity index (χ3v) is 6.57. The summed E-state index contributed by atoms with van der Waals surface area (Å²) >= 11 is 0. The average Bonchev–Trinajstić information content (AvgIpc) is 2.82. The fraction of sp³-hybridized carbons (Fsp3) is 0.654. The van der Waals surface area contributed by atoms with Gasteiger partial charge in [-0.25, -0.2) is 14.4 Å². The highest BCUT2D eigenvalue weighted by Gasteiger charge is 2.46. The number of amides is 1. The molecule has 1 aliphatic heterocycles. The maximum Gasteiger partial charge on any atom is 0.411 e. The van der Waals surface area contributed by atoms with Gasteiger partial charge in [-0.1, -0.05) is 0 Å². The van der Waals surface area contributed by atoms with Gasteiger partial charge in [0.1, 0.15) is 23.0 Å². The van der Waals surface area contributed by atoms with E-state index in [1.807, 2.05) is 0 Å². The fourth-order valence-electron chi connectivity index (χ4n) is 4.98. The van der Waals surface area contributed by atoms with Crippen LogP contribution in [0.4, 0.5) is 10.5 Å². The lowest BCUT2D eigenvalue weighted by Crippen LogP contribution is -2.56. The van der Waals surface area contributed by atoms with Crippen molar-refractivity contribution in [3.05, 3.63) is 33.9 Å². The van der Waals surface area contributed by atoms with Crippen LogP contribution >= 0.6 is 0 Å². The summed E-state index contributed by atoms with van der Waals surface area (Å²) in [6.07, 6.45) is 1.60. The molecule has 0 radical (unpaired) electrons. The molecule has 11 heteroatoms. The fourth-order valence-corrected chi connectivity index (χ4v) is 4.98. The minimum Gasteiger partial charge on any atom is -0.490 e. The third kappa shape index (κ3) is 7.11. The summed E-state index contributed by atoms with van der Waals surface area (Å²) in [4.78, 5) is 50.3. The number of nitro benzene ring substituents is 1. The van der Waals surface area contributed by atoms with Crippen LogP contribution in [0.2, 0.25) is 0 Å². The molecule has 204 valence electrons. The summed E-state index contributed by atoms with van der Waals surface area (Å²) < 4.78 is 22.1. The average molecular weight is 521 g/mol. The lowest BCUT2D eigenvalue weighted by molar-refractivity contribution is -0.384. The first-order valence-electron chi connectivity index (χ1n) is 12.7. The summed E-state index contributed by atoms with van der Waals surface area (Å²) in [6, 6.07) is 3.11. The highest BCUT2D eigenvalue weighted by molar-refractivity contribution is 5.93.